The van der Waals surface area contributed by atoms with Gasteiger partial charge in [-0.25, -0.2) is 4.39 Å². The lowest BCUT2D eigenvalue weighted by Crippen LogP contribution is -2.23. The van der Waals surface area contributed by atoms with Crippen LogP contribution < -0.4 is 5.32 Å². The Morgan fingerprint density at radius 2 is 2.00 bits per heavy atom. The number of hydrogen-bond acceptors (Lipinski definition) is 4. The lowest BCUT2D eigenvalue weighted by molar-refractivity contribution is 0.0916. The summed E-state index contributed by atoms with van der Waals surface area (Å²) in [5.41, 5.74) is 2.24. The van der Waals surface area contributed by atoms with Crippen LogP contribution in [0.25, 0.3) is 11.5 Å². The summed E-state index contributed by atoms with van der Waals surface area (Å²) in [7, 11) is 0. The van der Waals surface area contributed by atoms with Gasteiger partial charge in [0.15, 0.2) is 0 Å². The number of nitrogens with zero attached hydrogens (tertiary/aromatic N) is 2. The fraction of sp³-hybridized carbons (Fsp3) is 0.118. The number of halogens is 1. The first-order valence-corrected chi connectivity index (χ1v) is 7.05. The summed E-state index contributed by atoms with van der Waals surface area (Å²) < 4.78 is 18.9. The summed E-state index contributed by atoms with van der Waals surface area (Å²) in [6.07, 6.45) is 0. The Morgan fingerprint density at radius 1 is 1.17 bits per heavy atom. The van der Waals surface area contributed by atoms with Crippen molar-refractivity contribution in [1.82, 2.24) is 15.5 Å². The molecule has 23 heavy (non-hydrogen) atoms. The minimum atomic E-state index is -0.499. The maximum absolute atomic E-state index is 13.7. The van der Waals surface area contributed by atoms with Crippen molar-refractivity contribution in [2.24, 2.45) is 0 Å². The quantitative estimate of drug-likeness (QED) is 0.804. The molecule has 1 amide bonds. The first-order valence-electron chi connectivity index (χ1n) is 7.05. The molecule has 1 heterocycles. The molecule has 0 spiro atoms. The van der Waals surface area contributed by atoms with Crippen LogP contribution >= 0.6 is 0 Å². The fourth-order valence-corrected chi connectivity index (χ4v) is 2.14. The maximum atomic E-state index is 13.7. The van der Waals surface area contributed by atoms with E-state index in [9.17, 15) is 9.18 Å². The van der Waals surface area contributed by atoms with Crippen molar-refractivity contribution in [3.8, 4) is 11.5 Å². The summed E-state index contributed by atoms with van der Waals surface area (Å²) >= 11 is 0. The molecule has 0 radical (unpaired) electrons. The molecule has 1 aromatic heterocycles. The first kappa shape index (κ1) is 14.9. The van der Waals surface area contributed by atoms with E-state index in [0.717, 1.165) is 11.1 Å². The Hall–Kier alpha value is -3.02. The van der Waals surface area contributed by atoms with Crippen molar-refractivity contribution in [1.29, 1.82) is 0 Å². The van der Waals surface area contributed by atoms with Gasteiger partial charge in [0.1, 0.15) is 5.82 Å². The second-order valence-electron chi connectivity index (χ2n) is 5.06. The van der Waals surface area contributed by atoms with Crippen molar-refractivity contribution >= 4 is 5.91 Å². The van der Waals surface area contributed by atoms with Crippen LogP contribution in [0.2, 0.25) is 0 Å². The predicted molar refractivity (Wildman–Crippen MR) is 82.0 cm³/mol. The third-order valence-electron chi connectivity index (χ3n) is 3.26. The second kappa shape index (κ2) is 6.39. The third kappa shape index (κ3) is 3.42. The molecule has 3 rings (SSSR count). The monoisotopic (exact) mass is 311 g/mol. The molecule has 1 N–H and O–H groups in total. The number of rotatable bonds is 4. The number of aromatic nitrogens is 2. The summed E-state index contributed by atoms with van der Waals surface area (Å²) in [5, 5.41) is 10.1. The minimum Gasteiger partial charge on any atom is -0.412 e. The van der Waals surface area contributed by atoms with Crippen molar-refractivity contribution in [2.45, 2.75) is 13.5 Å². The Kier molecular flexibility index (Phi) is 4.14. The summed E-state index contributed by atoms with van der Waals surface area (Å²) in [5.74, 6) is -1.20. The van der Waals surface area contributed by atoms with Gasteiger partial charge in [-0.3, -0.25) is 4.79 Å². The average Bonchev–Trinajstić information content (AvgIpc) is 3.03. The number of carbonyl (C=O) groups excluding carboxylic acids is 1. The summed E-state index contributed by atoms with van der Waals surface area (Å²) in [6, 6.07) is 13.8. The molecule has 0 saturated heterocycles. The predicted octanol–water partition coefficient (Wildman–Crippen LogP) is 3.11. The van der Waals surface area contributed by atoms with Crippen molar-refractivity contribution < 1.29 is 13.6 Å². The molecular formula is C17H14FN3O2. The zero-order valence-electron chi connectivity index (χ0n) is 12.4. The largest absolute Gasteiger partial charge is 0.412 e. The standard InChI is InChI=1S/C17H14FN3O2/c1-11-5-4-6-12(9-11)10-19-15(22)17-21-20-16(23-17)13-7-2-3-8-14(13)18/h2-9H,10H2,1H3,(H,19,22). The number of aryl methyl sites for hydroxylation is 1. The Balaban J connectivity index is 1.70. The molecule has 0 fully saturated rings. The van der Waals surface area contributed by atoms with Gasteiger partial charge in [0.05, 0.1) is 5.56 Å². The van der Waals surface area contributed by atoms with Gasteiger partial charge in [0, 0.05) is 6.54 Å². The highest BCUT2D eigenvalue weighted by atomic mass is 19.1. The number of benzene rings is 2. The van der Waals surface area contributed by atoms with E-state index in [1.165, 1.54) is 12.1 Å². The van der Waals surface area contributed by atoms with Crippen molar-refractivity contribution in [3.63, 3.8) is 0 Å². The van der Waals surface area contributed by atoms with Crippen LogP contribution in [0.5, 0.6) is 0 Å². The Labute approximate surface area is 132 Å². The van der Waals surface area contributed by atoms with Gasteiger partial charge < -0.3 is 9.73 Å². The summed E-state index contributed by atoms with van der Waals surface area (Å²) in [4.78, 5) is 12.0. The summed E-state index contributed by atoms with van der Waals surface area (Å²) in [6.45, 7) is 2.32. The highest BCUT2D eigenvalue weighted by molar-refractivity contribution is 5.89. The van der Waals surface area contributed by atoms with Crippen molar-refractivity contribution in [3.05, 3.63) is 71.4 Å². The van der Waals surface area contributed by atoms with Crippen LogP contribution in [0.1, 0.15) is 21.8 Å². The molecule has 0 aliphatic heterocycles. The lowest BCUT2D eigenvalue weighted by atomic mass is 10.1. The highest BCUT2D eigenvalue weighted by Crippen LogP contribution is 2.20. The van der Waals surface area contributed by atoms with E-state index in [1.807, 2.05) is 31.2 Å². The number of carbonyl (C=O) groups is 1. The van der Waals surface area contributed by atoms with Crippen LogP contribution in [0.4, 0.5) is 4.39 Å². The van der Waals surface area contributed by atoms with Gasteiger partial charge in [-0.15, -0.1) is 10.2 Å². The molecule has 6 heteroatoms. The second-order valence-corrected chi connectivity index (χ2v) is 5.06. The Bertz CT molecular complexity index is 845. The zero-order chi connectivity index (χ0) is 16.2. The molecule has 116 valence electrons. The van der Waals surface area contributed by atoms with E-state index >= 15 is 0 Å². The SMILES string of the molecule is Cc1cccc(CNC(=O)c2nnc(-c3ccccc3F)o2)c1. The molecule has 0 bridgehead atoms. The number of nitrogens with one attached hydrogen (secondary N) is 1. The fourth-order valence-electron chi connectivity index (χ4n) is 2.14. The highest BCUT2D eigenvalue weighted by Gasteiger charge is 2.17. The minimum absolute atomic E-state index is 0.0243. The average molecular weight is 311 g/mol. The van der Waals surface area contributed by atoms with Crippen LogP contribution in [-0.2, 0) is 6.54 Å². The van der Waals surface area contributed by atoms with Crippen molar-refractivity contribution in [2.75, 3.05) is 0 Å². The van der Waals surface area contributed by atoms with E-state index in [2.05, 4.69) is 15.5 Å². The molecule has 0 aliphatic rings. The Morgan fingerprint density at radius 3 is 2.78 bits per heavy atom. The van der Waals surface area contributed by atoms with E-state index in [-0.39, 0.29) is 17.3 Å². The first-order chi connectivity index (χ1) is 11.1. The molecule has 0 aliphatic carbocycles. The van der Waals surface area contributed by atoms with E-state index in [1.54, 1.807) is 12.1 Å². The van der Waals surface area contributed by atoms with Gasteiger partial charge >= 0.3 is 11.8 Å². The smallest absolute Gasteiger partial charge is 0.309 e. The van der Waals surface area contributed by atoms with Gasteiger partial charge in [-0.05, 0) is 24.6 Å². The number of hydrogen-bond donors (Lipinski definition) is 1. The molecule has 0 unspecified atom stereocenters. The molecule has 2 aromatic carbocycles. The van der Waals surface area contributed by atoms with Crippen LogP contribution in [0.15, 0.2) is 52.9 Å². The van der Waals surface area contributed by atoms with E-state index < -0.39 is 11.7 Å². The maximum Gasteiger partial charge on any atom is 0.309 e. The van der Waals surface area contributed by atoms with Crippen LogP contribution in [0.3, 0.4) is 0 Å². The molecule has 5 nitrogen and oxygen atoms in total. The van der Waals surface area contributed by atoms with Crippen LogP contribution in [-0.4, -0.2) is 16.1 Å². The van der Waals surface area contributed by atoms with Gasteiger partial charge in [0.2, 0.25) is 0 Å². The zero-order valence-corrected chi connectivity index (χ0v) is 12.4. The normalized spacial score (nSPS) is 10.5. The van der Waals surface area contributed by atoms with Gasteiger partial charge in [-0.1, -0.05) is 42.0 Å². The van der Waals surface area contributed by atoms with Gasteiger partial charge in [0.25, 0.3) is 5.89 Å². The van der Waals surface area contributed by atoms with Crippen LogP contribution in [0, 0.1) is 12.7 Å². The molecule has 0 saturated carbocycles. The topological polar surface area (TPSA) is 68.0 Å². The molecule has 3 aromatic rings. The molecule has 0 atom stereocenters. The number of amides is 1. The lowest BCUT2D eigenvalue weighted by Gasteiger charge is -2.03. The molecular weight excluding hydrogens is 297 g/mol. The third-order valence-corrected chi connectivity index (χ3v) is 3.26. The van der Waals surface area contributed by atoms with Gasteiger partial charge in [-0.2, -0.15) is 0 Å². The van der Waals surface area contributed by atoms with E-state index in [4.69, 9.17) is 4.42 Å². The van der Waals surface area contributed by atoms with E-state index in [0.29, 0.717) is 6.54 Å².